The Morgan fingerprint density at radius 2 is 1.90 bits per heavy atom. The van der Waals surface area contributed by atoms with E-state index in [0.29, 0.717) is 12.1 Å². The minimum atomic E-state index is 0.491. The molecule has 4 rings (SSSR count). The van der Waals surface area contributed by atoms with Gasteiger partial charge in [-0.3, -0.25) is 0 Å². The monoisotopic (exact) mass is 303 g/mol. The summed E-state index contributed by atoms with van der Waals surface area (Å²) in [7, 11) is 0. The quantitative estimate of drug-likeness (QED) is 0.818. The lowest BCUT2D eigenvalue weighted by atomic mass is 9.87. The Bertz CT molecular complexity index is 634. The molecule has 1 aromatic carbocycles. The third-order valence-corrected chi connectivity index (χ3v) is 5.96. The molecule has 2 atom stereocenters. The van der Waals surface area contributed by atoms with Gasteiger partial charge in [0.2, 0.25) is 0 Å². The van der Waals surface area contributed by atoms with Crippen LogP contribution < -0.4 is 5.32 Å². The van der Waals surface area contributed by atoms with Gasteiger partial charge >= 0.3 is 0 Å². The molecule has 0 radical (unpaired) electrons. The second-order valence-electron chi connectivity index (χ2n) is 5.83. The summed E-state index contributed by atoms with van der Waals surface area (Å²) < 4.78 is 0.936. The largest absolute Gasteiger partial charge is 0.303 e. The van der Waals surface area contributed by atoms with Crippen molar-refractivity contribution in [2.24, 2.45) is 0 Å². The molecule has 0 spiro atoms. The van der Waals surface area contributed by atoms with Crippen LogP contribution in [0, 0.1) is 0 Å². The summed E-state index contributed by atoms with van der Waals surface area (Å²) in [6, 6.07) is 12.1. The molecular formula is C17H18ClNS. The number of fused-ring (bicyclic) bond motifs is 2. The van der Waals surface area contributed by atoms with Gasteiger partial charge in [-0.1, -0.05) is 35.9 Å². The highest BCUT2D eigenvalue weighted by Gasteiger charge is 2.29. The Morgan fingerprint density at radius 1 is 1.05 bits per heavy atom. The van der Waals surface area contributed by atoms with Gasteiger partial charge in [0.25, 0.3) is 0 Å². The van der Waals surface area contributed by atoms with Crippen LogP contribution in [0.15, 0.2) is 30.3 Å². The van der Waals surface area contributed by atoms with Crippen LogP contribution in [0.4, 0.5) is 0 Å². The van der Waals surface area contributed by atoms with Crippen LogP contribution in [-0.4, -0.2) is 0 Å². The lowest BCUT2D eigenvalue weighted by Crippen LogP contribution is -2.28. The minimum Gasteiger partial charge on any atom is -0.303 e. The van der Waals surface area contributed by atoms with E-state index in [0.717, 1.165) is 4.34 Å². The van der Waals surface area contributed by atoms with E-state index in [1.54, 1.807) is 11.3 Å². The normalized spacial score (nSPS) is 24.4. The standard InChI is InChI=1S/C17H18ClNS/c18-17-10-13-15(8-9-16(13)20-17)19-14-7-3-5-11-4-1-2-6-12(11)14/h1-2,4,6,10,14-15,19H,3,5,7-9H2. The van der Waals surface area contributed by atoms with Crippen molar-refractivity contribution in [1.82, 2.24) is 5.32 Å². The molecule has 1 N–H and O–H groups in total. The molecule has 3 heteroatoms. The highest BCUT2D eigenvalue weighted by atomic mass is 35.5. The van der Waals surface area contributed by atoms with Gasteiger partial charge in [-0.2, -0.15) is 0 Å². The number of halogens is 1. The van der Waals surface area contributed by atoms with E-state index in [1.807, 2.05) is 0 Å². The molecule has 1 nitrogen and oxygen atoms in total. The van der Waals surface area contributed by atoms with E-state index in [9.17, 15) is 0 Å². The first-order valence-corrected chi connectivity index (χ1v) is 8.62. The van der Waals surface area contributed by atoms with Gasteiger partial charge in [-0.25, -0.2) is 0 Å². The second-order valence-corrected chi connectivity index (χ2v) is 7.60. The van der Waals surface area contributed by atoms with Crippen molar-refractivity contribution < 1.29 is 0 Å². The number of hydrogen-bond donors (Lipinski definition) is 1. The average molecular weight is 304 g/mol. The predicted molar refractivity (Wildman–Crippen MR) is 85.6 cm³/mol. The maximum absolute atomic E-state index is 6.16. The third-order valence-electron chi connectivity index (χ3n) is 4.62. The topological polar surface area (TPSA) is 12.0 Å². The summed E-state index contributed by atoms with van der Waals surface area (Å²) in [6.45, 7) is 0. The molecule has 2 aromatic rings. The van der Waals surface area contributed by atoms with Crippen LogP contribution >= 0.6 is 22.9 Å². The van der Waals surface area contributed by atoms with Gasteiger partial charge in [0.1, 0.15) is 0 Å². The van der Waals surface area contributed by atoms with E-state index in [1.165, 1.54) is 53.7 Å². The summed E-state index contributed by atoms with van der Waals surface area (Å²) in [5.74, 6) is 0. The number of hydrogen-bond acceptors (Lipinski definition) is 2. The maximum atomic E-state index is 6.16. The molecule has 2 aliphatic carbocycles. The lowest BCUT2D eigenvalue weighted by molar-refractivity contribution is 0.398. The fourth-order valence-corrected chi connectivity index (χ4v) is 5.03. The molecule has 2 aliphatic rings. The zero-order valence-electron chi connectivity index (χ0n) is 11.4. The van der Waals surface area contributed by atoms with Crippen LogP contribution in [0.5, 0.6) is 0 Å². The summed E-state index contributed by atoms with van der Waals surface area (Å²) in [4.78, 5) is 1.48. The van der Waals surface area contributed by atoms with Crippen molar-refractivity contribution in [3.05, 3.63) is 56.2 Å². The molecule has 0 saturated carbocycles. The fraction of sp³-hybridized carbons (Fsp3) is 0.412. The van der Waals surface area contributed by atoms with Crippen LogP contribution in [-0.2, 0) is 12.8 Å². The summed E-state index contributed by atoms with van der Waals surface area (Å²) in [5.41, 5.74) is 4.48. The second kappa shape index (κ2) is 5.18. The number of thiophene rings is 1. The molecule has 0 amide bonds. The molecule has 1 heterocycles. The maximum Gasteiger partial charge on any atom is 0.0934 e. The molecule has 0 saturated heterocycles. The number of nitrogens with one attached hydrogen (secondary N) is 1. The molecule has 1 aromatic heterocycles. The molecule has 2 unspecified atom stereocenters. The molecule has 104 valence electrons. The molecule has 0 bridgehead atoms. The molecule has 20 heavy (non-hydrogen) atoms. The first-order valence-electron chi connectivity index (χ1n) is 7.43. The van der Waals surface area contributed by atoms with Crippen LogP contribution in [0.2, 0.25) is 4.34 Å². The van der Waals surface area contributed by atoms with Gasteiger partial charge in [0.15, 0.2) is 0 Å². The Kier molecular flexibility index (Phi) is 3.33. The summed E-state index contributed by atoms with van der Waals surface area (Å²) >= 11 is 7.91. The van der Waals surface area contributed by atoms with E-state index in [-0.39, 0.29) is 0 Å². The Hall–Kier alpha value is -0.830. The Balaban J connectivity index is 1.59. The molecular weight excluding hydrogens is 286 g/mol. The van der Waals surface area contributed by atoms with Crippen molar-refractivity contribution in [3.63, 3.8) is 0 Å². The lowest BCUT2D eigenvalue weighted by Gasteiger charge is -2.29. The van der Waals surface area contributed by atoms with Crippen molar-refractivity contribution >= 4 is 22.9 Å². The van der Waals surface area contributed by atoms with Gasteiger partial charge in [0, 0.05) is 17.0 Å². The third kappa shape index (κ3) is 2.20. The highest BCUT2D eigenvalue weighted by molar-refractivity contribution is 7.16. The SMILES string of the molecule is Clc1cc2c(s1)CCC2NC1CCCc2ccccc21. The van der Waals surface area contributed by atoms with Gasteiger partial charge in [-0.05, 0) is 54.9 Å². The number of rotatable bonds is 2. The smallest absolute Gasteiger partial charge is 0.0934 e. The highest BCUT2D eigenvalue weighted by Crippen LogP contribution is 2.41. The van der Waals surface area contributed by atoms with E-state index in [4.69, 9.17) is 11.6 Å². The number of aryl methyl sites for hydroxylation is 2. The van der Waals surface area contributed by atoms with E-state index < -0.39 is 0 Å². The van der Waals surface area contributed by atoms with E-state index >= 15 is 0 Å². The fourth-order valence-electron chi connectivity index (χ4n) is 3.67. The summed E-state index contributed by atoms with van der Waals surface area (Å²) in [5, 5.41) is 3.89. The Labute approximate surface area is 129 Å². The first kappa shape index (κ1) is 12.9. The van der Waals surface area contributed by atoms with Crippen LogP contribution in [0.1, 0.15) is 52.9 Å². The Morgan fingerprint density at radius 3 is 2.85 bits per heavy atom. The van der Waals surface area contributed by atoms with Crippen LogP contribution in [0.3, 0.4) is 0 Å². The van der Waals surface area contributed by atoms with Crippen molar-refractivity contribution in [1.29, 1.82) is 0 Å². The zero-order valence-corrected chi connectivity index (χ0v) is 12.9. The molecule has 0 fully saturated rings. The van der Waals surface area contributed by atoms with Gasteiger partial charge in [0.05, 0.1) is 4.34 Å². The average Bonchev–Trinajstić information content (AvgIpc) is 3.00. The van der Waals surface area contributed by atoms with Gasteiger partial charge < -0.3 is 5.32 Å². The minimum absolute atomic E-state index is 0.491. The summed E-state index contributed by atoms with van der Waals surface area (Å²) in [6.07, 6.45) is 6.17. The predicted octanol–water partition coefficient (Wildman–Crippen LogP) is 5.06. The molecule has 0 aliphatic heterocycles. The van der Waals surface area contributed by atoms with Crippen molar-refractivity contribution in [2.45, 2.75) is 44.2 Å². The van der Waals surface area contributed by atoms with Crippen molar-refractivity contribution in [3.8, 4) is 0 Å². The van der Waals surface area contributed by atoms with Crippen molar-refractivity contribution in [2.75, 3.05) is 0 Å². The van der Waals surface area contributed by atoms with E-state index in [2.05, 4.69) is 35.6 Å². The first-order chi connectivity index (χ1) is 9.81. The van der Waals surface area contributed by atoms with Crippen LogP contribution in [0.25, 0.3) is 0 Å². The number of benzene rings is 1. The van der Waals surface area contributed by atoms with Gasteiger partial charge in [-0.15, -0.1) is 11.3 Å². The zero-order chi connectivity index (χ0) is 13.5.